The molecule has 154 valence electrons. The number of anilines is 3. The van der Waals surface area contributed by atoms with Crippen LogP contribution in [-0.2, 0) is 22.4 Å². The number of rotatable bonds is 5. The first kappa shape index (κ1) is 19.8. The molecule has 1 atom stereocenters. The SMILES string of the molecule is CC(=O)Nc1nc2c(c(NC(C)=O)n1)CC(CNc1cccc3ccccc13)CC2. The van der Waals surface area contributed by atoms with Gasteiger partial charge in [0.15, 0.2) is 0 Å². The number of carbonyl (C=O) groups is 2. The van der Waals surface area contributed by atoms with Crippen molar-refractivity contribution < 1.29 is 9.59 Å². The number of aromatic nitrogens is 2. The van der Waals surface area contributed by atoms with Crippen LogP contribution in [0.5, 0.6) is 0 Å². The summed E-state index contributed by atoms with van der Waals surface area (Å²) in [5.41, 5.74) is 2.97. The molecule has 0 saturated carbocycles. The van der Waals surface area contributed by atoms with Gasteiger partial charge >= 0.3 is 0 Å². The zero-order chi connectivity index (χ0) is 21.1. The fraction of sp³-hybridized carbons (Fsp3) is 0.304. The summed E-state index contributed by atoms with van der Waals surface area (Å²) in [6, 6.07) is 14.6. The van der Waals surface area contributed by atoms with Crippen LogP contribution in [0.25, 0.3) is 10.8 Å². The van der Waals surface area contributed by atoms with Gasteiger partial charge in [-0.2, -0.15) is 4.98 Å². The summed E-state index contributed by atoms with van der Waals surface area (Å²) in [5, 5.41) is 11.4. The number of nitrogens with zero attached hydrogens (tertiary/aromatic N) is 2. The van der Waals surface area contributed by atoms with Crippen molar-refractivity contribution in [1.82, 2.24) is 9.97 Å². The smallest absolute Gasteiger partial charge is 0.231 e. The lowest BCUT2D eigenvalue weighted by Gasteiger charge is -2.26. The molecule has 1 heterocycles. The molecular formula is C23H25N5O2. The molecule has 1 aliphatic rings. The van der Waals surface area contributed by atoms with Gasteiger partial charge in [0.25, 0.3) is 0 Å². The van der Waals surface area contributed by atoms with Crippen molar-refractivity contribution >= 4 is 40.0 Å². The van der Waals surface area contributed by atoms with Gasteiger partial charge in [-0.3, -0.25) is 14.9 Å². The molecular weight excluding hydrogens is 378 g/mol. The first-order chi connectivity index (χ1) is 14.5. The zero-order valence-corrected chi connectivity index (χ0v) is 17.2. The predicted octanol–water partition coefficient (Wildman–Crippen LogP) is 3.76. The van der Waals surface area contributed by atoms with Crippen LogP contribution in [0.1, 0.15) is 31.5 Å². The first-order valence-corrected chi connectivity index (χ1v) is 10.2. The molecule has 30 heavy (non-hydrogen) atoms. The predicted molar refractivity (Wildman–Crippen MR) is 119 cm³/mol. The van der Waals surface area contributed by atoms with E-state index in [1.807, 2.05) is 12.1 Å². The Morgan fingerprint density at radius 3 is 2.57 bits per heavy atom. The highest BCUT2D eigenvalue weighted by molar-refractivity contribution is 5.94. The Kier molecular flexibility index (Phi) is 5.61. The van der Waals surface area contributed by atoms with Crippen molar-refractivity contribution in [2.24, 2.45) is 5.92 Å². The fourth-order valence-electron chi connectivity index (χ4n) is 3.97. The Bertz CT molecular complexity index is 1110. The van der Waals surface area contributed by atoms with Gasteiger partial charge < -0.3 is 10.6 Å². The summed E-state index contributed by atoms with van der Waals surface area (Å²) in [6.45, 7) is 3.69. The number of carbonyl (C=O) groups excluding carboxylic acids is 2. The van der Waals surface area contributed by atoms with Gasteiger partial charge in [-0.15, -0.1) is 0 Å². The highest BCUT2D eigenvalue weighted by atomic mass is 16.2. The third-order valence-electron chi connectivity index (χ3n) is 5.33. The Labute approximate surface area is 175 Å². The minimum Gasteiger partial charge on any atom is -0.384 e. The van der Waals surface area contributed by atoms with Gasteiger partial charge in [0, 0.05) is 37.0 Å². The number of benzene rings is 2. The molecule has 0 fully saturated rings. The molecule has 0 aliphatic heterocycles. The normalized spacial score (nSPS) is 15.3. The average Bonchev–Trinajstić information content (AvgIpc) is 2.71. The molecule has 0 spiro atoms. The summed E-state index contributed by atoms with van der Waals surface area (Å²) in [5.74, 6) is 0.681. The molecule has 3 N–H and O–H groups in total. The first-order valence-electron chi connectivity index (χ1n) is 10.2. The van der Waals surface area contributed by atoms with E-state index in [0.717, 1.165) is 42.8 Å². The molecule has 0 radical (unpaired) electrons. The van der Waals surface area contributed by atoms with E-state index in [0.29, 0.717) is 11.7 Å². The molecule has 2 aromatic carbocycles. The van der Waals surface area contributed by atoms with Gasteiger partial charge in [0.05, 0.1) is 5.69 Å². The van der Waals surface area contributed by atoms with Crippen molar-refractivity contribution in [3.05, 3.63) is 53.7 Å². The molecule has 1 aromatic heterocycles. The number of fused-ring (bicyclic) bond motifs is 2. The monoisotopic (exact) mass is 403 g/mol. The molecule has 3 aromatic rings. The largest absolute Gasteiger partial charge is 0.384 e. The maximum Gasteiger partial charge on any atom is 0.231 e. The molecule has 4 rings (SSSR count). The third kappa shape index (κ3) is 4.40. The van der Waals surface area contributed by atoms with Crippen LogP contribution in [0.4, 0.5) is 17.5 Å². The van der Waals surface area contributed by atoms with E-state index >= 15 is 0 Å². The zero-order valence-electron chi connectivity index (χ0n) is 17.2. The van der Waals surface area contributed by atoms with Crippen LogP contribution in [0.2, 0.25) is 0 Å². The van der Waals surface area contributed by atoms with E-state index in [9.17, 15) is 9.59 Å². The van der Waals surface area contributed by atoms with Crippen molar-refractivity contribution in [3.63, 3.8) is 0 Å². The second-order valence-electron chi connectivity index (χ2n) is 7.70. The summed E-state index contributed by atoms with van der Waals surface area (Å²) in [6.07, 6.45) is 2.52. The van der Waals surface area contributed by atoms with E-state index < -0.39 is 0 Å². The van der Waals surface area contributed by atoms with Gasteiger partial charge in [-0.05, 0) is 36.6 Å². The number of nitrogens with one attached hydrogen (secondary N) is 3. The van der Waals surface area contributed by atoms with E-state index in [1.165, 1.54) is 24.6 Å². The molecule has 7 heteroatoms. The van der Waals surface area contributed by atoms with Crippen molar-refractivity contribution in [3.8, 4) is 0 Å². The number of hydrogen-bond acceptors (Lipinski definition) is 5. The molecule has 7 nitrogen and oxygen atoms in total. The lowest BCUT2D eigenvalue weighted by Crippen LogP contribution is -2.26. The maximum atomic E-state index is 11.7. The van der Waals surface area contributed by atoms with Crippen molar-refractivity contribution in [1.29, 1.82) is 0 Å². The maximum absolute atomic E-state index is 11.7. The van der Waals surface area contributed by atoms with Gasteiger partial charge in [0.2, 0.25) is 17.8 Å². The van der Waals surface area contributed by atoms with Crippen LogP contribution in [-0.4, -0.2) is 28.3 Å². The molecule has 1 unspecified atom stereocenters. The van der Waals surface area contributed by atoms with Crippen LogP contribution >= 0.6 is 0 Å². The minimum absolute atomic E-state index is 0.194. The Hall–Kier alpha value is -3.48. The van der Waals surface area contributed by atoms with E-state index in [-0.39, 0.29) is 17.8 Å². The number of hydrogen-bond donors (Lipinski definition) is 3. The van der Waals surface area contributed by atoms with Crippen LogP contribution in [0, 0.1) is 5.92 Å². The lowest BCUT2D eigenvalue weighted by molar-refractivity contribution is -0.115. The Morgan fingerprint density at radius 1 is 1.00 bits per heavy atom. The van der Waals surface area contributed by atoms with E-state index in [1.54, 1.807) is 0 Å². The Morgan fingerprint density at radius 2 is 1.77 bits per heavy atom. The highest BCUT2D eigenvalue weighted by Gasteiger charge is 2.25. The standard InChI is InChI=1S/C23H25N5O2/c1-14(29)25-22-19-12-16(10-11-21(19)27-23(28-22)26-15(2)30)13-24-20-9-5-7-17-6-3-4-8-18(17)20/h3-9,16,24H,10-13H2,1-2H3,(H2,25,26,27,28,29,30). The fourth-order valence-corrected chi connectivity index (χ4v) is 3.97. The van der Waals surface area contributed by atoms with Gasteiger partial charge in [0.1, 0.15) is 5.82 Å². The lowest BCUT2D eigenvalue weighted by atomic mass is 9.86. The second-order valence-corrected chi connectivity index (χ2v) is 7.70. The number of amides is 2. The van der Waals surface area contributed by atoms with Crippen molar-refractivity contribution in [2.45, 2.75) is 33.1 Å². The summed E-state index contributed by atoms with van der Waals surface area (Å²) in [4.78, 5) is 31.9. The van der Waals surface area contributed by atoms with Crippen molar-refractivity contribution in [2.75, 3.05) is 22.5 Å². The summed E-state index contributed by atoms with van der Waals surface area (Å²) >= 11 is 0. The molecule has 0 saturated heterocycles. The van der Waals surface area contributed by atoms with Crippen LogP contribution in [0.15, 0.2) is 42.5 Å². The molecule has 0 bridgehead atoms. The quantitative estimate of drug-likeness (QED) is 0.603. The van der Waals surface area contributed by atoms with Gasteiger partial charge in [-0.25, -0.2) is 4.98 Å². The van der Waals surface area contributed by atoms with Gasteiger partial charge in [-0.1, -0.05) is 36.4 Å². The van der Waals surface area contributed by atoms with Crippen LogP contribution < -0.4 is 16.0 Å². The average molecular weight is 403 g/mol. The molecule has 1 aliphatic carbocycles. The number of aryl methyl sites for hydroxylation is 1. The van der Waals surface area contributed by atoms with E-state index in [4.69, 9.17) is 0 Å². The van der Waals surface area contributed by atoms with Crippen LogP contribution in [0.3, 0.4) is 0 Å². The topological polar surface area (TPSA) is 96.0 Å². The highest BCUT2D eigenvalue weighted by Crippen LogP contribution is 2.31. The minimum atomic E-state index is -0.239. The summed E-state index contributed by atoms with van der Waals surface area (Å²) in [7, 11) is 0. The third-order valence-corrected chi connectivity index (χ3v) is 5.33. The van der Waals surface area contributed by atoms with E-state index in [2.05, 4.69) is 56.3 Å². The molecule has 2 amide bonds. The summed E-state index contributed by atoms with van der Waals surface area (Å²) < 4.78 is 0. The Balaban J connectivity index is 1.53. The second kappa shape index (κ2) is 8.49.